The summed E-state index contributed by atoms with van der Waals surface area (Å²) in [7, 11) is 0. The van der Waals surface area contributed by atoms with Crippen molar-refractivity contribution in [2.45, 2.75) is 13.8 Å². The zero-order valence-electron chi connectivity index (χ0n) is 8.15. The van der Waals surface area contributed by atoms with E-state index < -0.39 is 17.3 Å². The zero-order valence-corrected chi connectivity index (χ0v) is 8.15. The van der Waals surface area contributed by atoms with Gasteiger partial charge in [-0.15, -0.1) is 0 Å². The van der Waals surface area contributed by atoms with Gasteiger partial charge in [0.15, 0.2) is 0 Å². The summed E-state index contributed by atoms with van der Waals surface area (Å²) in [5, 5.41) is 25.6. The predicted octanol–water partition coefficient (Wildman–Crippen LogP) is 0.211. The SMILES string of the molecule is CC(C)(CO)COC(=O)C(C#N)C#N. The average Bonchev–Trinajstić information content (AvgIpc) is 2.17. The molecule has 5 heteroatoms. The quantitative estimate of drug-likeness (QED) is 0.648. The summed E-state index contributed by atoms with van der Waals surface area (Å²) in [6.07, 6.45) is 0. The van der Waals surface area contributed by atoms with E-state index in [4.69, 9.17) is 20.4 Å². The van der Waals surface area contributed by atoms with Crippen molar-refractivity contribution >= 4 is 5.97 Å². The van der Waals surface area contributed by atoms with Gasteiger partial charge in [-0.2, -0.15) is 10.5 Å². The third-order valence-electron chi connectivity index (χ3n) is 1.53. The Kier molecular flexibility index (Phi) is 4.62. The minimum absolute atomic E-state index is 0.0117. The maximum Gasteiger partial charge on any atom is 0.338 e. The van der Waals surface area contributed by atoms with Crippen LogP contribution < -0.4 is 0 Å². The number of esters is 1. The van der Waals surface area contributed by atoms with Crippen LogP contribution in [0.25, 0.3) is 0 Å². The molecule has 0 spiro atoms. The molecule has 0 unspecified atom stereocenters. The summed E-state index contributed by atoms with van der Waals surface area (Å²) in [5.74, 6) is -2.25. The number of nitriles is 2. The van der Waals surface area contributed by atoms with Gasteiger partial charge in [0.2, 0.25) is 5.92 Å². The molecule has 0 atom stereocenters. The van der Waals surface area contributed by atoms with Crippen LogP contribution in [0.1, 0.15) is 13.8 Å². The lowest BCUT2D eigenvalue weighted by atomic mass is 9.96. The Balaban J connectivity index is 4.12. The van der Waals surface area contributed by atoms with Gasteiger partial charge in [-0.3, -0.25) is 0 Å². The molecular formula is C9H12N2O3. The third-order valence-corrected chi connectivity index (χ3v) is 1.53. The highest BCUT2D eigenvalue weighted by molar-refractivity contribution is 5.78. The van der Waals surface area contributed by atoms with Crippen LogP contribution in [-0.4, -0.2) is 24.3 Å². The van der Waals surface area contributed by atoms with Gasteiger partial charge in [0, 0.05) is 5.41 Å². The molecule has 0 saturated carbocycles. The first kappa shape index (κ1) is 12.4. The maximum absolute atomic E-state index is 11.0. The number of ether oxygens (including phenoxy) is 1. The molecule has 0 amide bonds. The van der Waals surface area contributed by atoms with E-state index in [-0.39, 0.29) is 13.2 Å². The Morgan fingerprint density at radius 1 is 1.50 bits per heavy atom. The molecule has 0 aromatic heterocycles. The van der Waals surface area contributed by atoms with Gasteiger partial charge in [-0.25, -0.2) is 4.79 Å². The van der Waals surface area contributed by atoms with E-state index in [1.807, 2.05) is 0 Å². The molecule has 0 aliphatic heterocycles. The molecule has 0 aromatic carbocycles. The fraction of sp³-hybridized carbons (Fsp3) is 0.667. The fourth-order valence-corrected chi connectivity index (χ4v) is 0.530. The number of hydrogen-bond donors (Lipinski definition) is 1. The largest absolute Gasteiger partial charge is 0.463 e. The highest BCUT2D eigenvalue weighted by atomic mass is 16.5. The predicted molar refractivity (Wildman–Crippen MR) is 46.5 cm³/mol. The van der Waals surface area contributed by atoms with Crippen molar-refractivity contribution in [1.29, 1.82) is 10.5 Å². The van der Waals surface area contributed by atoms with E-state index in [9.17, 15) is 4.79 Å². The molecular weight excluding hydrogens is 184 g/mol. The summed E-state index contributed by atoms with van der Waals surface area (Å²) in [5.41, 5.74) is -0.550. The van der Waals surface area contributed by atoms with Crippen molar-refractivity contribution in [2.75, 3.05) is 13.2 Å². The summed E-state index contributed by atoms with van der Waals surface area (Å²) in [6.45, 7) is 3.26. The minimum Gasteiger partial charge on any atom is -0.463 e. The van der Waals surface area contributed by atoms with E-state index in [1.165, 1.54) is 12.1 Å². The Labute approximate surface area is 82.5 Å². The van der Waals surface area contributed by atoms with E-state index >= 15 is 0 Å². The molecule has 0 saturated heterocycles. The molecule has 0 aliphatic rings. The second kappa shape index (κ2) is 5.21. The van der Waals surface area contributed by atoms with E-state index in [0.717, 1.165) is 0 Å². The van der Waals surface area contributed by atoms with Crippen LogP contribution in [0, 0.1) is 34.0 Å². The van der Waals surface area contributed by atoms with Crippen LogP contribution in [0.3, 0.4) is 0 Å². The smallest absolute Gasteiger partial charge is 0.338 e. The first-order valence-corrected chi connectivity index (χ1v) is 4.03. The van der Waals surface area contributed by atoms with Crippen molar-refractivity contribution in [3.8, 4) is 12.1 Å². The Morgan fingerprint density at radius 3 is 2.36 bits per heavy atom. The maximum atomic E-state index is 11.0. The summed E-state index contributed by atoms with van der Waals surface area (Å²) < 4.78 is 4.70. The first-order chi connectivity index (χ1) is 6.46. The Bertz CT molecular complexity index is 271. The standard InChI is InChI=1S/C9H12N2O3/c1-9(2,5-12)6-14-8(13)7(3-10)4-11/h7,12H,5-6H2,1-2H3. The Hall–Kier alpha value is -1.59. The van der Waals surface area contributed by atoms with Gasteiger partial charge in [-0.05, 0) is 0 Å². The van der Waals surface area contributed by atoms with Gasteiger partial charge >= 0.3 is 5.97 Å². The van der Waals surface area contributed by atoms with Crippen LogP contribution >= 0.6 is 0 Å². The first-order valence-electron chi connectivity index (χ1n) is 4.03. The lowest BCUT2D eigenvalue weighted by Crippen LogP contribution is -2.27. The number of carbonyl (C=O) groups is 1. The van der Waals surface area contributed by atoms with Crippen molar-refractivity contribution in [1.82, 2.24) is 0 Å². The van der Waals surface area contributed by atoms with Crippen LogP contribution in [0.5, 0.6) is 0 Å². The number of hydrogen-bond acceptors (Lipinski definition) is 5. The number of aliphatic hydroxyl groups is 1. The van der Waals surface area contributed by atoms with Crippen molar-refractivity contribution in [2.24, 2.45) is 11.3 Å². The molecule has 0 aliphatic carbocycles. The lowest BCUT2D eigenvalue weighted by Gasteiger charge is -2.20. The van der Waals surface area contributed by atoms with Crippen LogP contribution in [0.2, 0.25) is 0 Å². The van der Waals surface area contributed by atoms with Gasteiger partial charge in [-0.1, -0.05) is 13.8 Å². The second-order valence-electron chi connectivity index (χ2n) is 3.62. The number of nitrogens with zero attached hydrogens (tertiary/aromatic N) is 2. The third kappa shape index (κ3) is 3.88. The fourth-order valence-electron chi connectivity index (χ4n) is 0.530. The molecule has 0 bridgehead atoms. The molecule has 0 fully saturated rings. The van der Waals surface area contributed by atoms with Crippen molar-refractivity contribution in [3.63, 3.8) is 0 Å². The second-order valence-corrected chi connectivity index (χ2v) is 3.62. The van der Waals surface area contributed by atoms with Crippen molar-refractivity contribution in [3.05, 3.63) is 0 Å². The molecule has 0 heterocycles. The van der Waals surface area contributed by atoms with Crippen LogP contribution in [0.15, 0.2) is 0 Å². The Morgan fingerprint density at radius 2 is 2.00 bits per heavy atom. The normalized spacial score (nSPS) is 10.4. The monoisotopic (exact) mass is 196 g/mol. The number of rotatable bonds is 4. The van der Waals surface area contributed by atoms with Crippen molar-refractivity contribution < 1.29 is 14.6 Å². The summed E-state index contributed by atoms with van der Waals surface area (Å²) >= 11 is 0. The topological polar surface area (TPSA) is 94.1 Å². The molecule has 5 nitrogen and oxygen atoms in total. The molecule has 76 valence electrons. The minimum atomic E-state index is -1.38. The molecule has 0 rings (SSSR count). The summed E-state index contributed by atoms with van der Waals surface area (Å²) in [6, 6.07) is 3.02. The molecule has 14 heavy (non-hydrogen) atoms. The van der Waals surface area contributed by atoms with E-state index in [2.05, 4.69) is 0 Å². The van der Waals surface area contributed by atoms with Crippen LogP contribution in [-0.2, 0) is 9.53 Å². The van der Waals surface area contributed by atoms with Gasteiger partial charge in [0.25, 0.3) is 0 Å². The van der Waals surface area contributed by atoms with Crippen LogP contribution in [0.4, 0.5) is 0 Å². The molecule has 1 N–H and O–H groups in total. The summed E-state index contributed by atoms with van der Waals surface area (Å²) in [4.78, 5) is 11.0. The highest BCUT2D eigenvalue weighted by Crippen LogP contribution is 2.14. The number of aliphatic hydroxyl groups excluding tert-OH is 1. The van der Waals surface area contributed by atoms with Gasteiger partial charge in [0.1, 0.15) is 0 Å². The zero-order chi connectivity index (χ0) is 11.2. The lowest BCUT2D eigenvalue weighted by molar-refractivity contribution is -0.148. The molecule has 0 aromatic rings. The van der Waals surface area contributed by atoms with Gasteiger partial charge in [0.05, 0.1) is 25.4 Å². The van der Waals surface area contributed by atoms with E-state index in [0.29, 0.717) is 0 Å². The molecule has 0 radical (unpaired) electrons. The number of carbonyl (C=O) groups excluding carboxylic acids is 1. The van der Waals surface area contributed by atoms with E-state index in [1.54, 1.807) is 13.8 Å². The highest BCUT2D eigenvalue weighted by Gasteiger charge is 2.23. The van der Waals surface area contributed by atoms with Gasteiger partial charge < -0.3 is 9.84 Å². The average molecular weight is 196 g/mol.